The average molecular weight is 254 g/mol. The Labute approximate surface area is 110 Å². The van der Waals surface area contributed by atoms with Crippen LogP contribution in [0, 0.1) is 6.92 Å². The molecule has 0 spiro atoms. The summed E-state index contributed by atoms with van der Waals surface area (Å²) in [5.74, 6) is 1.58. The highest BCUT2D eigenvalue weighted by atomic mass is 16.5. The second-order valence-electron chi connectivity index (χ2n) is 4.36. The summed E-state index contributed by atoms with van der Waals surface area (Å²) in [6.07, 6.45) is 1.93. The molecule has 0 aliphatic carbocycles. The zero-order valence-electron chi connectivity index (χ0n) is 10.8. The molecule has 0 aliphatic heterocycles. The van der Waals surface area contributed by atoms with Crippen LogP contribution >= 0.6 is 0 Å². The lowest BCUT2D eigenvalue weighted by Gasteiger charge is -2.04. The molecule has 0 amide bonds. The van der Waals surface area contributed by atoms with Gasteiger partial charge in [0, 0.05) is 11.8 Å². The van der Waals surface area contributed by atoms with Gasteiger partial charge in [0.15, 0.2) is 11.5 Å². The third kappa shape index (κ3) is 1.79. The third-order valence-electron chi connectivity index (χ3n) is 3.18. The first kappa shape index (κ1) is 11.5. The third-order valence-corrected chi connectivity index (χ3v) is 3.18. The molecule has 1 aromatic carbocycles. The Morgan fingerprint density at radius 3 is 2.53 bits per heavy atom. The second kappa shape index (κ2) is 4.28. The summed E-state index contributed by atoms with van der Waals surface area (Å²) in [7, 11) is 1.64. The normalized spacial score (nSPS) is 10.8. The topological polar surface area (TPSA) is 65.4 Å². The molecule has 3 rings (SSSR count). The van der Waals surface area contributed by atoms with Crippen molar-refractivity contribution >= 4 is 11.3 Å². The van der Waals surface area contributed by atoms with E-state index in [-0.39, 0.29) is 0 Å². The quantitative estimate of drug-likeness (QED) is 0.762. The maximum atomic E-state index is 6.01. The van der Waals surface area contributed by atoms with Crippen LogP contribution in [0.2, 0.25) is 0 Å². The van der Waals surface area contributed by atoms with Crippen LogP contribution in [0.3, 0.4) is 0 Å². The van der Waals surface area contributed by atoms with E-state index in [4.69, 9.17) is 10.5 Å². The minimum Gasteiger partial charge on any atom is -0.497 e. The van der Waals surface area contributed by atoms with Crippen molar-refractivity contribution in [1.82, 2.24) is 14.6 Å². The maximum absolute atomic E-state index is 6.01. The first-order chi connectivity index (χ1) is 9.20. The number of fused-ring (bicyclic) bond motifs is 1. The SMILES string of the molecule is COc1ccc(-c2nnc3c(N)c(C)ccn23)cc1. The number of hydrogen-bond acceptors (Lipinski definition) is 4. The number of ether oxygens (including phenoxy) is 1. The van der Waals surface area contributed by atoms with Crippen LogP contribution in [0.25, 0.3) is 17.0 Å². The van der Waals surface area contributed by atoms with Crippen molar-refractivity contribution in [2.75, 3.05) is 12.8 Å². The number of nitrogen functional groups attached to an aromatic ring is 1. The van der Waals surface area contributed by atoms with Gasteiger partial charge in [-0.25, -0.2) is 0 Å². The highest BCUT2D eigenvalue weighted by Gasteiger charge is 2.11. The van der Waals surface area contributed by atoms with E-state index in [1.54, 1.807) is 7.11 Å². The molecule has 0 bridgehead atoms. The number of hydrogen-bond donors (Lipinski definition) is 1. The van der Waals surface area contributed by atoms with E-state index in [0.717, 1.165) is 22.7 Å². The molecule has 5 heteroatoms. The predicted octanol–water partition coefficient (Wildman–Crippen LogP) is 2.30. The lowest BCUT2D eigenvalue weighted by molar-refractivity contribution is 0.415. The number of benzene rings is 1. The highest BCUT2D eigenvalue weighted by molar-refractivity contribution is 5.71. The molecule has 19 heavy (non-hydrogen) atoms. The van der Waals surface area contributed by atoms with Gasteiger partial charge >= 0.3 is 0 Å². The van der Waals surface area contributed by atoms with Crippen molar-refractivity contribution in [2.24, 2.45) is 0 Å². The van der Waals surface area contributed by atoms with Crippen LogP contribution < -0.4 is 10.5 Å². The summed E-state index contributed by atoms with van der Waals surface area (Å²) in [5.41, 5.74) is 9.33. The first-order valence-corrected chi connectivity index (χ1v) is 5.95. The van der Waals surface area contributed by atoms with Crippen LogP contribution in [-0.2, 0) is 0 Å². The average Bonchev–Trinajstić information content (AvgIpc) is 2.87. The van der Waals surface area contributed by atoms with Crippen LogP contribution in [-0.4, -0.2) is 21.7 Å². The summed E-state index contributed by atoms with van der Waals surface area (Å²) >= 11 is 0. The summed E-state index contributed by atoms with van der Waals surface area (Å²) in [6, 6.07) is 9.65. The van der Waals surface area contributed by atoms with Crippen molar-refractivity contribution in [3.63, 3.8) is 0 Å². The van der Waals surface area contributed by atoms with Crippen LogP contribution in [0.15, 0.2) is 36.5 Å². The molecule has 0 radical (unpaired) electrons. The van der Waals surface area contributed by atoms with E-state index in [1.807, 2.05) is 47.9 Å². The Kier molecular flexibility index (Phi) is 2.59. The summed E-state index contributed by atoms with van der Waals surface area (Å²) < 4.78 is 7.04. The second-order valence-corrected chi connectivity index (χ2v) is 4.36. The number of nitrogens with two attached hydrogens (primary N) is 1. The van der Waals surface area contributed by atoms with Crippen molar-refractivity contribution in [3.05, 3.63) is 42.1 Å². The molecule has 0 saturated heterocycles. The lowest BCUT2D eigenvalue weighted by atomic mass is 10.2. The fourth-order valence-electron chi connectivity index (χ4n) is 2.01. The zero-order valence-corrected chi connectivity index (χ0v) is 10.8. The molecule has 0 saturated carbocycles. The molecule has 0 atom stereocenters. The van der Waals surface area contributed by atoms with Crippen LogP contribution in [0.4, 0.5) is 5.69 Å². The summed E-state index contributed by atoms with van der Waals surface area (Å²) in [5, 5.41) is 8.37. The number of pyridine rings is 1. The Hall–Kier alpha value is -2.56. The highest BCUT2D eigenvalue weighted by Crippen LogP contribution is 2.24. The molecule has 0 unspecified atom stereocenters. The van der Waals surface area contributed by atoms with Gasteiger partial charge in [-0.3, -0.25) is 4.40 Å². The van der Waals surface area contributed by atoms with Crippen LogP contribution in [0.5, 0.6) is 5.75 Å². The summed E-state index contributed by atoms with van der Waals surface area (Å²) in [4.78, 5) is 0. The largest absolute Gasteiger partial charge is 0.497 e. The molecule has 0 fully saturated rings. The number of aromatic nitrogens is 3. The minimum absolute atomic E-state index is 0.662. The van der Waals surface area contributed by atoms with E-state index in [2.05, 4.69) is 10.2 Å². The van der Waals surface area contributed by atoms with Gasteiger partial charge in [0.05, 0.1) is 12.8 Å². The van der Waals surface area contributed by atoms with Gasteiger partial charge in [0.25, 0.3) is 0 Å². The summed E-state index contributed by atoms with van der Waals surface area (Å²) in [6.45, 7) is 1.96. The molecule has 96 valence electrons. The van der Waals surface area contributed by atoms with Crippen LogP contribution in [0.1, 0.15) is 5.56 Å². The monoisotopic (exact) mass is 254 g/mol. The van der Waals surface area contributed by atoms with Crippen molar-refractivity contribution in [2.45, 2.75) is 6.92 Å². The Morgan fingerprint density at radius 1 is 1.11 bits per heavy atom. The molecule has 0 aliphatic rings. The fourth-order valence-corrected chi connectivity index (χ4v) is 2.01. The van der Waals surface area contributed by atoms with Gasteiger partial charge in [-0.05, 0) is 42.8 Å². The van der Waals surface area contributed by atoms with E-state index < -0.39 is 0 Å². The lowest BCUT2D eigenvalue weighted by Crippen LogP contribution is -1.96. The number of anilines is 1. The number of rotatable bonds is 2. The van der Waals surface area contributed by atoms with Crippen molar-refractivity contribution in [1.29, 1.82) is 0 Å². The molecular formula is C14H14N4O. The van der Waals surface area contributed by atoms with E-state index in [9.17, 15) is 0 Å². The first-order valence-electron chi connectivity index (χ1n) is 5.95. The Morgan fingerprint density at radius 2 is 1.84 bits per heavy atom. The Balaban J connectivity index is 2.17. The maximum Gasteiger partial charge on any atom is 0.184 e. The molecule has 2 heterocycles. The zero-order chi connectivity index (χ0) is 13.4. The minimum atomic E-state index is 0.662. The van der Waals surface area contributed by atoms with Gasteiger partial charge in [0.1, 0.15) is 5.75 Å². The standard InChI is InChI=1S/C14H14N4O/c1-9-7-8-18-13(16-17-14(18)12(9)15)10-3-5-11(19-2)6-4-10/h3-8H,15H2,1-2H3. The van der Waals surface area contributed by atoms with E-state index >= 15 is 0 Å². The molecule has 2 aromatic heterocycles. The number of nitrogens with zero attached hydrogens (tertiary/aromatic N) is 3. The molecular weight excluding hydrogens is 240 g/mol. The van der Waals surface area contributed by atoms with Gasteiger partial charge in [0.2, 0.25) is 0 Å². The number of methoxy groups -OCH3 is 1. The van der Waals surface area contributed by atoms with Gasteiger partial charge in [-0.1, -0.05) is 0 Å². The number of aryl methyl sites for hydroxylation is 1. The van der Waals surface area contributed by atoms with Crippen molar-refractivity contribution < 1.29 is 4.74 Å². The Bertz CT molecular complexity index is 731. The van der Waals surface area contributed by atoms with Gasteiger partial charge in [-0.15, -0.1) is 10.2 Å². The van der Waals surface area contributed by atoms with Gasteiger partial charge < -0.3 is 10.5 Å². The fraction of sp³-hybridized carbons (Fsp3) is 0.143. The van der Waals surface area contributed by atoms with E-state index in [1.165, 1.54) is 0 Å². The smallest absolute Gasteiger partial charge is 0.184 e. The van der Waals surface area contributed by atoms with E-state index in [0.29, 0.717) is 11.3 Å². The van der Waals surface area contributed by atoms with Crippen molar-refractivity contribution in [3.8, 4) is 17.1 Å². The molecule has 5 nitrogen and oxygen atoms in total. The molecule has 2 N–H and O–H groups in total. The van der Waals surface area contributed by atoms with Gasteiger partial charge in [-0.2, -0.15) is 0 Å². The predicted molar refractivity (Wildman–Crippen MR) is 74.1 cm³/mol. The molecule has 3 aromatic rings.